The van der Waals surface area contributed by atoms with E-state index in [4.69, 9.17) is 4.74 Å². The number of benzene rings is 3. The molecule has 1 fully saturated rings. The second kappa shape index (κ2) is 9.37. The Bertz CT molecular complexity index is 1390. The zero-order chi connectivity index (χ0) is 23.6. The molecule has 0 saturated carbocycles. The van der Waals surface area contributed by atoms with Crippen LogP contribution in [0.2, 0.25) is 0 Å². The summed E-state index contributed by atoms with van der Waals surface area (Å²) < 4.78 is 5.59. The molecule has 0 bridgehead atoms. The SMILES string of the molecule is O=C(Cc1ccc2c(c1)CCO2)N1CCCN(c2cc(-c3ccc4ccccc4c3)ncn2)CC1. The number of carbonyl (C=O) groups is 1. The van der Waals surface area contributed by atoms with Crippen LogP contribution in [0.25, 0.3) is 22.0 Å². The summed E-state index contributed by atoms with van der Waals surface area (Å²) in [6.45, 7) is 3.83. The van der Waals surface area contributed by atoms with Gasteiger partial charge in [-0.25, -0.2) is 9.97 Å². The van der Waals surface area contributed by atoms with Crippen LogP contribution in [-0.4, -0.2) is 53.6 Å². The van der Waals surface area contributed by atoms with Crippen LogP contribution in [-0.2, 0) is 17.6 Å². The van der Waals surface area contributed by atoms with E-state index >= 15 is 0 Å². The highest BCUT2D eigenvalue weighted by Gasteiger charge is 2.21. The third-order valence-electron chi connectivity index (χ3n) is 6.98. The molecular weight excluding hydrogens is 436 g/mol. The summed E-state index contributed by atoms with van der Waals surface area (Å²) in [4.78, 5) is 26.4. The van der Waals surface area contributed by atoms with Crippen LogP contribution in [0.15, 0.2) is 73.1 Å². The number of hydrogen-bond acceptors (Lipinski definition) is 5. The van der Waals surface area contributed by atoms with Gasteiger partial charge in [0.1, 0.15) is 17.9 Å². The van der Waals surface area contributed by atoms with E-state index in [1.165, 1.54) is 16.3 Å². The minimum atomic E-state index is 0.185. The number of amides is 1. The van der Waals surface area contributed by atoms with Crippen molar-refractivity contribution in [3.05, 3.63) is 84.2 Å². The molecule has 4 aromatic rings. The van der Waals surface area contributed by atoms with E-state index in [1.807, 2.05) is 17.0 Å². The maximum Gasteiger partial charge on any atom is 0.227 e. The number of fused-ring (bicyclic) bond motifs is 2. The van der Waals surface area contributed by atoms with Gasteiger partial charge in [0, 0.05) is 44.2 Å². The van der Waals surface area contributed by atoms with Crippen molar-refractivity contribution in [1.29, 1.82) is 0 Å². The van der Waals surface area contributed by atoms with Crippen LogP contribution in [0.3, 0.4) is 0 Å². The van der Waals surface area contributed by atoms with Gasteiger partial charge in [-0.1, -0.05) is 48.5 Å². The predicted molar refractivity (Wildman–Crippen MR) is 138 cm³/mol. The summed E-state index contributed by atoms with van der Waals surface area (Å²) in [6, 6.07) is 23.0. The number of hydrogen-bond donors (Lipinski definition) is 0. The largest absolute Gasteiger partial charge is 0.493 e. The lowest BCUT2D eigenvalue weighted by atomic mass is 10.0. The van der Waals surface area contributed by atoms with Gasteiger partial charge in [-0.15, -0.1) is 0 Å². The Morgan fingerprint density at radius 1 is 0.886 bits per heavy atom. The summed E-state index contributed by atoms with van der Waals surface area (Å²) in [7, 11) is 0. The molecule has 0 radical (unpaired) electrons. The maximum atomic E-state index is 13.1. The number of nitrogens with zero attached hydrogens (tertiary/aromatic N) is 4. The number of ether oxygens (including phenoxy) is 1. The van der Waals surface area contributed by atoms with Crippen molar-refractivity contribution in [2.75, 3.05) is 37.7 Å². The standard InChI is InChI=1S/C29H28N4O2/c34-29(17-21-6-9-27-25(16-21)10-15-35-27)33-12-3-11-32(13-14-33)28-19-26(30-20-31-28)24-8-7-22-4-1-2-5-23(22)18-24/h1-2,4-9,16,18-20H,3,10-15,17H2. The van der Waals surface area contributed by atoms with Crippen LogP contribution < -0.4 is 9.64 Å². The molecule has 1 saturated heterocycles. The monoisotopic (exact) mass is 464 g/mol. The second-order valence-corrected chi connectivity index (χ2v) is 9.26. The number of anilines is 1. The molecule has 6 nitrogen and oxygen atoms in total. The molecule has 176 valence electrons. The Morgan fingerprint density at radius 3 is 2.74 bits per heavy atom. The molecule has 6 heteroatoms. The van der Waals surface area contributed by atoms with Crippen molar-refractivity contribution < 1.29 is 9.53 Å². The van der Waals surface area contributed by atoms with Gasteiger partial charge in [0.05, 0.1) is 18.7 Å². The fraction of sp³-hybridized carbons (Fsp3) is 0.276. The molecule has 1 amide bonds. The van der Waals surface area contributed by atoms with Crippen LogP contribution >= 0.6 is 0 Å². The molecule has 3 aromatic carbocycles. The Balaban J connectivity index is 1.14. The summed E-state index contributed by atoms with van der Waals surface area (Å²) >= 11 is 0. The minimum Gasteiger partial charge on any atom is -0.493 e. The highest BCUT2D eigenvalue weighted by Crippen LogP contribution is 2.27. The lowest BCUT2D eigenvalue weighted by molar-refractivity contribution is -0.130. The van der Waals surface area contributed by atoms with Gasteiger partial charge in [-0.3, -0.25) is 4.79 Å². The van der Waals surface area contributed by atoms with Crippen molar-refractivity contribution in [2.24, 2.45) is 0 Å². The minimum absolute atomic E-state index is 0.185. The Morgan fingerprint density at radius 2 is 1.80 bits per heavy atom. The normalized spacial score (nSPS) is 15.5. The summed E-state index contributed by atoms with van der Waals surface area (Å²) in [5.74, 6) is 2.06. The first-order valence-electron chi connectivity index (χ1n) is 12.3. The first-order valence-corrected chi connectivity index (χ1v) is 12.3. The zero-order valence-corrected chi connectivity index (χ0v) is 19.7. The molecule has 35 heavy (non-hydrogen) atoms. The first-order chi connectivity index (χ1) is 17.2. The average molecular weight is 465 g/mol. The van der Waals surface area contributed by atoms with Crippen LogP contribution in [0.4, 0.5) is 5.82 Å². The molecular formula is C29H28N4O2. The molecule has 2 aliphatic rings. The summed E-state index contributed by atoms with van der Waals surface area (Å²) in [5.41, 5.74) is 4.27. The molecule has 0 N–H and O–H groups in total. The number of aromatic nitrogens is 2. The third-order valence-corrected chi connectivity index (χ3v) is 6.98. The number of carbonyl (C=O) groups excluding carboxylic acids is 1. The lowest BCUT2D eigenvalue weighted by Crippen LogP contribution is -2.36. The molecule has 0 aliphatic carbocycles. The topological polar surface area (TPSA) is 58.6 Å². The molecule has 0 spiro atoms. The molecule has 2 aliphatic heterocycles. The van der Waals surface area contributed by atoms with Crippen LogP contribution in [0.5, 0.6) is 5.75 Å². The smallest absolute Gasteiger partial charge is 0.227 e. The Hall–Kier alpha value is -3.93. The molecule has 3 heterocycles. The fourth-order valence-corrected chi connectivity index (χ4v) is 5.06. The van der Waals surface area contributed by atoms with E-state index in [1.54, 1.807) is 6.33 Å². The van der Waals surface area contributed by atoms with Gasteiger partial charge in [0.15, 0.2) is 0 Å². The van der Waals surface area contributed by atoms with Gasteiger partial charge in [0.25, 0.3) is 0 Å². The first kappa shape index (κ1) is 21.6. The Kier molecular flexibility index (Phi) is 5.78. The third kappa shape index (κ3) is 4.56. The van der Waals surface area contributed by atoms with E-state index in [0.717, 1.165) is 67.5 Å². The fourth-order valence-electron chi connectivity index (χ4n) is 5.06. The molecule has 0 atom stereocenters. The lowest BCUT2D eigenvalue weighted by Gasteiger charge is -2.23. The van der Waals surface area contributed by atoms with Gasteiger partial charge in [-0.05, 0) is 40.5 Å². The zero-order valence-electron chi connectivity index (χ0n) is 19.7. The van der Waals surface area contributed by atoms with Crippen molar-refractivity contribution in [3.63, 3.8) is 0 Å². The quantitative estimate of drug-likeness (QED) is 0.445. The van der Waals surface area contributed by atoms with Crippen LogP contribution in [0.1, 0.15) is 17.5 Å². The van der Waals surface area contributed by atoms with Crippen molar-refractivity contribution in [3.8, 4) is 17.0 Å². The number of rotatable bonds is 4. The van der Waals surface area contributed by atoms with Gasteiger partial charge < -0.3 is 14.5 Å². The predicted octanol–water partition coefficient (Wildman–Crippen LogP) is 4.51. The van der Waals surface area contributed by atoms with E-state index in [9.17, 15) is 4.79 Å². The molecule has 1 aromatic heterocycles. The highest BCUT2D eigenvalue weighted by atomic mass is 16.5. The van der Waals surface area contributed by atoms with E-state index in [0.29, 0.717) is 13.0 Å². The Labute approximate surface area is 205 Å². The second-order valence-electron chi connectivity index (χ2n) is 9.26. The maximum absolute atomic E-state index is 13.1. The van der Waals surface area contributed by atoms with Crippen molar-refractivity contribution in [1.82, 2.24) is 14.9 Å². The van der Waals surface area contributed by atoms with Gasteiger partial charge in [0.2, 0.25) is 5.91 Å². The van der Waals surface area contributed by atoms with E-state index in [2.05, 4.69) is 69.5 Å². The van der Waals surface area contributed by atoms with Crippen molar-refractivity contribution in [2.45, 2.75) is 19.3 Å². The van der Waals surface area contributed by atoms with Crippen LogP contribution in [0, 0.1) is 0 Å². The summed E-state index contributed by atoms with van der Waals surface area (Å²) in [6.07, 6.45) is 3.92. The van der Waals surface area contributed by atoms with E-state index in [-0.39, 0.29) is 5.91 Å². The highest BCUT2D eigenvalue weighted by molar-refractivity contribution is 5.87. The molecule has 6 rings (SSSR count). The van der Waals surface area contributed by atoms with E-state index < -0.39 is 0 Å². The molecule has 0 unspecified atom stereocenters. The van der Waals surface area contributed by atoms with Crippen molar-refractivity contribution >= 4 is 22.5 Å². The van der Waals surface area contributed by atoms with Gasteiger partial charge in [-0.2, -0.15) is 0 Å². The summed E-state index contributed by atoms with van der Waals surface area (Å²) in [5, 5.41) is 2.42. The average Bonchev–Trinajstić information content (AvgIpc) is 3.22. The van der Waals surface area contributed by atoms with Gasteiger partial charge >= 0.3 is 0 Å².